The molecule has 2 aromatic rings. The Hall–Kier alpha value is -2.67. The standard InChI is InChI=1S/C22H29N5O2/c1-24-17-18(16-23-24)9-10-21(28)26-14-12-25(13-15-26)20-8-5-11-27(22(20)29)19-6-3-2-4-7-19/h2-4,6-7,16-17,20H,5,8-15H2,1H3/t20-/m0/s1. The number of piperazine rings is 1. The number of nitrogens with zero attached hydrogens (tertiary/aromatic N) is 5. The van der Waals surface area contributed by atoms with Crippen molar-refractivity contribution >= 4 is 17.5 Å². The molecule has 29 heavy (non-hydrogen) atoms. The first-order valence-electron chi connectivity index (χ1n) is 10.5. The summed E-state index contributed by atoms with van der Waals surface area (Å²) in [4.78, 5) is 31.8. The number of amides is 2. The number of para-hydroxylation sites is 1. The molecule has 0 bridgehead atoms. The molecule has 7 nitrogen and oxygen atoms in total. The third-order valence-corrected chi connectivity index (χ3v) is 5.97. The number of carbonyl (C=O) groups excluding carboxylic acids is 2. The minimum Gasteiger partial charge on any atom is -0.340 e. The molecule has 2 aliphatic rings. The van der Waals surface area contributed by atoms with Gasteiger partial charge in [-0.25, -0.2) is 0 Å². The summed E-state index contributed by atoms with van der Waals surface area (Å²) in [5, 5.41) is 4.15. The molecule has 0 N–H and O–H groups in total. The first-order valence-corrected chi connectivity index (χ1v) is 10.5. The fourth-order valence-corrected chi connectivity index (χ4v) is 4.35. The summed E-state index contributed by atoms with van der Waals surface area (Å²) in [6.07, 6.45) is 6.92. The quantitative estimate of drug-likeness (QED) is 0.773. The molecule has 154 valence electrons. The van der Waals surface area contributed by atoms with E-state index in [0.717, 1.165) is 50.1 Å². The molecular weight excluding hydrogens is 366 g/mol. The molecular formula is C22H29N5O2. The zero-order valence-electron chi connectivity index (χ0n) is 17.0. The molecule has 1 aromatic carbocycles. The molecule has 1 aromatic heterocycles. The second kappa shape index (κ2) is 8.78. The molecule has 2 aliphatic heterocycles. The van der Waals surface area contributed by atoms with Crippen molar-refractivity contribution in [3.8, 4) is 0 Å². The van der Waals surface area contributed by atoms with Gasteiger partial charge < -0.3 is 9.80 Å². The number of benzene rings is 1. The van der Waals surface area contributed by atoms with Gasteiger partial charge in [0.2, 0.25) is 11.8 Å². The number of rotatable bonds is 5. The Labute approximate surface area is 171 Å². The van der Waals surface area contributed by atoms with Crippen LogP contribution in [0.25, 0.3) is 0 Å². The van der Waals surface area contributed by atoms with Crippen LogP contribution in [0, 0.1) is 0 Å². The highest BCUT2D eigenvalue weighted by Crippen LogP contribution is 2.24. The molecule has 2 amide bonds. The van der Waals surface area contributed by atoms with Gasteiger partial charge in [0.25, 0.3) is 0 Å². The van der Waals surface area contributed by atoms with Gasteiger partial charge in [-0.3, -0.25) is 19.2 Å². The van der Waals surface area contributed by atoms with Gasteiger partial charge in [0.15, 0.2) is 0 Å². The van der Waals surface area contributed by atoms with E-state index in [1.807, 2.05) is 59.6 Å². The lowest BCUT2D eigenvalue weighted by Crippen LogP contribution is -2.58. The summed E-state index contributed by atoms with van der Waals surface area (Å²) in [6.45, 7) is 3.70. The van der Waals surface area contributed by atoms with Crippen molar-refractivity contribution in [2.45, 2.75) is 31.7 Å². The van der Waals surface area contributed by atoms with Crippen LogP contribution in [0.1, 0.15) is 24.8 Å². The lowest BCUT2D eigenvalue weighted by atomic mass is 10.0. The van der Waals surface area contributed by atoms with Crippen molar-refractivity contribution < 1.29 is 9.59 Å². The Morgan fingerprint density at radius 1 is 1.10 bits per heavy atom. The molecule has 0 saturated carbocycles. The zero-order valence-corrected chi connectivity index (χ0v) is 17.0. The second-order valence-corrected chi connectivity index (χ2v) is 7.92. The van der Waals surface area contributed by atoms with E-state index in [2.05, 4.69) is 10.00 Å². The smallest absolute Gasteiger partial charge is 0.244 e. The van der Waals surface area contributed by atoms with Crippen molar-refractivity contribution in [1.82, 2.24) is 19.6 Å². The monoisotopic (exact) mass is 395 g/mol. The molecule has 0 radical (unpaired) electrons. The van der Waals surface area contributed by atoms with Gasteiger partial charge >= 0.3 is 0 Å². The van der Waals surface area contributed by atoms with Crippen LogP contribution < -0.4 is 4.90 Å². The van der Waals surface area contributed by atoms with Gasteiger partial charge in [0.05, 0.1) is 12.2 Å². The maximum Gasteiger partial charge on any atom is 0.244 e. The Bertz CT molecular complexity index is 842. The van der Waals surface area contributed by atoms with Crippen LogP contribution >= 0.6 is 0 Å². The van der Waals surface area contributed by atoms with Crippen LogP contribution in [0.3, 0.4) is 0 Å². The molecule has 0 unspecified atom stereocenters. The predicted octanol–water partition coefficient (Wildman–Crippen LogP) is 1.69. The highest BCUT2D eigenvalue weighted by atomic mass is 16.2. The molecule has 2 fully saturated rings. The number of carbonyl (C=O) groups is 2. The van der Waals surface area contributed by atoms with E-state index in [1.54, 1.807) is 4.68 Å². The molecule has 7 heteroatoms. The first-order chi connectivity index (χ1) is 14.1. The number of anilines is 1. The highest BCUT2D eigenvalue weighted by molar-refractivity contribution is 5.97. The molecule has 1 atom stereocenters. The maximum atomic E-state index is 13.1. The van der Waals surface area contributed by atoms with Gasteiger partial charge in [-0.1, -0.05) is 18.2 Å². The van der Waals surface area contributed by atoms with Crippen molar-refractivity contribution in [3.05, 3.63) is 48.3 Å². The number of aryl methyl sites for hydroxylation is 2. The highest BCUT2D eigenvalue weighted by Gasteiger charge is 2.35. The van der Waals surface area contributed by atoms with Gasteiger partial charge in [0.1, 0.15) is 0 Å². The third kappa shape index (κ3) is 4.50. The Morgan fingerprint density at radius 2 is 1.86 bits per heavy atom. The largest absolute Gasteiger partial charge is 0.340 e. The Balaban J connectivity index is 1.29. The summed E-state index contributed by atoms with van der Waals surface area (Å²) in [5.41, 5.74) is 2.07. The van der Waals surface area contributed by atoms with Gasteiger partial charge in [-0.05, 0) is 37.0 Å². The predicted molar refractivity (Wildman–Crippen MR) is 111 cm³/mol. The average Bonchev–Trinajstić information content (AvgIpc) is 3.18. The summed E-state index contributed by atoms with van der Waals surface area (Å²) in [5.74, 6) is 0.383. The van der Waals surface area contributed by atoms with Crippen LogP contribution in [-0.2, 0) is 23.1 Å². The van der Waals surface area contributed by atoms with E-state index in [1.165, 1.54) is 0 Å². The number of hydrogen-bond acceptors (Lipinski definition) is 4. The molecule has 0 spiro atoms. The first kappa shape index (κ1) is 19.6. The Morgan fingerprint density at radius 3 is 2.55 bits per heavy atom. The van der Waals surface area contributed by atoms with Crippen molar-refractivity contribution in [1.29, 1.82) is 0 Å². The number of aromatic nitrogens is 2. The third-order valence-electron chi connectivity index (χ3n) is 5.97. The minimum absolute atomic E-state index is 0.0726. The van der Waals surface area contributed by atoms with Crippen molar-refractivity contribution in [2.75, 3.05) is 37.6 Å². The summed E-state index contributed by atoms with van der Waals surface area (Å²) < 4.78 is 1.76. The van der Waals surface area contributed by atoms with Crippen LogP contribution in [0.5, 0.6) is 0 Å². The SMILES string of the molecule is Cn1cc(CCC(=O)N2CCN([C@H]3CCCN(c4ccccc4)C3=O)CC2)cn1. The fraction of sp³-hybridized carbons (Fsp3) is 0.500. The van der Waals surface area contributed by atoms with Crippen LogP contribution in [0.2, 0.25) is 0 Å². The molecule has 2 saturated heterocycles. The van der Waals surface area contributed by atoms with Crippen LogP contribution in [-0.4, -0.2) is 70.2 Å². The van der Waals surface area contributed by atoms with E-state index in [4.69, 9.17) is 0 Å². The van der Waals surface area contributed by atoms with Crippen LogP contribution in [0.4, 0.5) is 5.69 Å². The minimum atomic E-state index is -0.0726. The fourth-order valence-electron chi connectivity index (χ4n) is 4.35. The van der Waals surface area contributed by atoms with E-state index < -0.39 is 0 Å². The second-order valence-electron chi connectivity index (χ2n) is 7.92. The average molecular weight is 396 g/mol. The van der Waals surface area contributed by atoms with E-state index >= 15 is 0 Å². The maximum absolute atomic E-state index is 13.1. The van der Waals surface area contributed by atoms with E-state index in [-0.39, 0.29) is 17.9 Å². The van der Waals surface area contributed by atoms with Gasteiger partial charge in [-0.2, -0.15) is 5.10 Å². The van der Waals surface area contributed by atoms with Crippen molar-refractivity contribution in [3.63, 3.8) is 0 Å². The normalized spacial score (nSPS) is 20.9. The lowest BCUT2D eigenvalue weighted by molar-refractivity contribution is -0.134. The number of piperidine rings is 1. The summed E-state index contributed by atoms with van der Waals surface area (Å²) in [6, 6.07) is 9.85. The van der Waals surface area contributed by atoms with Gasteiger partial charge in [0, 0.05) is 58.1 Å². The van der Waals surface area contributed by atoms with Gasteiger partial charge in [-0.15, -0.1) is 0 Å². The number of hydrogen-bond donors (Lipinski definition) is 0. The molecule has 0 aliphatic carbocycles. The summed E-state index contributed by atoms with van der Waals surface area (Å²) >= 11 is 0. The van der Waals surface area contributed by atoms with Crippen LogP contribution in [0.15, 0.2) is 42.7 Å². The topological polar surface area (TPSA) is 61.7 Å². The van der Waals surface area contributed by atoms with E-state index in [9.17, 15) is 9.59 Å². The molecule has 3 heterocycles. The molecule has 4 rings (SSSR count). The van der Waals surface area contributed by atoms with E-state index in [0.29, 0.717) is 19.5 Å². The van der Waals surface area contributed by atoms with Crippen molar-refractivity contribution in [2.24, 2.45) is 7.05 Å². The zero-order chi connectivity index (χ0) is 20.2. The lowest BCUT2D eigenvalue weighted by Gasteiger charge is -2.42. The summed E-state index contributed by atoms with van der Waals surface area (Å²) in [7, 11) is 1.88. The Kier molecular flexibility index (Phi) is 5.94.